The molecular formula is C33H31FN6O3S. The van der Waals surface area contributed by atoms with Gasteiger partial charge in [-0.1, -0.05) is 12.1 Å². The second-order valence-electron chi connectivity index (χ2n) is 10.9. The summed E-state index contributed by atoms with van der Waals surface area (Å²) in [6.45, 7) is 4.42. The third-order valence-electron chi connectivity index (χ3n) is 8.13. The van der Waals surface area contributed by atoms with Gasteiger partial charge in [-0.25, -0.2) is 19.2 Å². The van der Waals surface area contributed by atoms with Gasteiger partial charge in [-0.15, -0.1) is 11.3 Å². The summed E-state index contributed by atoms with van der Waals surface area (Å²) in [4.78, 5) is 29.8. The van der Waals surface area contributed by atoms with Crippen molar-refractivity contribution in [2.24, 2.45) is 0 Å². The number of hydrogen-bond donors (Lipinski definition) is 0. The maximum Gasteiger partial charge on any atom is 0.337 e. The Balaban J connectivity index is 1.15. The van der Waals surface area contributed by atoms with E-state index in [1.54, 1.807) is 35.6 Å². The Kier molecular flexibility index (Phi) is 8.63. The minimum atomic E-state index is -0.467. The lowest BCUT2D eigenvalue weighted by Gasteiger charge is -2.37. The number of methoxy groups -OCH3 is 1. The molecule has 0 saturated carbocycles. The van der Waals surface area contributed by atoms with Gasteiger partial charge in [0.2, 0.25) is 5.88 Å². The number of benzene rings is 2. The van der Waals surface area contributed by atoms with Crippen LogP contribution < -0.4 is 4.74 Å². The van der Waals surface area contributed by atoms with Crippen LogP contribution in [-0.2, 0) is 24.4 Å². The van der Waals surface area contributed by atoms with Gasteiger partial charge < -0.3 is 14.0 Å². The predicted molar refractivity (Wildman–Crippen MR) is 164 cm³/mol. The first-order chi connectivity index (χ1) is 21.4. The fourth-order valence-corrected chi connectivity index (χ4v) is 6.30. The number of carbonyl (C=O) groups is 1. The molecule has 44 heavy (non-hydrogen) atoms. The van der Waals surface area contributed by atoms with Gasteiger partial charge in [0, 0.05) is 40.4 Å². The van der Waals surface area contributed by atoms with Crippen molar-refractivity contribution in [2.75, 3.05) is 13.7 Å². The Labute approximate surface area is 258 Å². The monoisotopic (exact) mass is 610 g/mol. The van der Waals surface area contributed by atoms with Crippen LogP contribution in [0.1, 0.15) is 63.6 Å². The van der Waals surface area contributed by atoms with Crippen molar-refractivity contribution >= 4 is 28.3 Å². The number of aromatic nitrogens is 4. The van der Waals surface area contributed by atoms with Crippen LogP contribution in [-0.4, -0.2) is 50.1 Å². The summed E-state index contributed by atoms with van der Waals surface area (Å²) in [5.74, 6) is 0.800. The average molecular weight is 611 g/mol. The van der Waals surface area contributed by atoms with Crippen LogP contribution in [0.15, 0.2) is 66.3 Å². The molecule has 2 unspecified atom stereocenters. The van der Waals surface area contributed by atoms with Gasteiger partial charge in [-0.2, -0.15) is 5.26 Å². The zero-order valence-corrected chi connectivity index (χ0v) is 25.3. The summed E-state index contributed by atoms with van der Waals surface area (Å²) in [5, 5.41) is 8.97. The molecule has 0 radical (unpaired) electrons. The zero-order chi connectivity index (χ0) is 30.6. The number of hydrogen-bond acceptors (Lipinski definition) is 9. The van der Waals surface area contributed by atoms with Gasteiger partial charge in [-0.3, -0.25) is 9.88 Å². The number of likely N-dealkylation sites (tertiary alicyclic amines) is 1. The zero-order valence-electron chi connectivity index (χ0n) is 24.4. The van der Waals surface area contributed by atoms with Gasteiger partial charge in [-0.05, 0) is 62.7 Å². The third kappa shape index (κ3) is 6.32. The summed E-state index contributed by atoms with van der Waals surface area (Å²) in [6, 6.07) is 17.8. The van der Waals surface area contributed by atoms with Crippen molar-refractivity contribution in [2.45, 2.75) is 51.4 Å². The van der Waals surface area contributed by atoms with E-state index in [0.717, 1.165) is 46.8 Å². The van der Waals surface area contributed by atoms with Crippen molar-refractivity contribution in [3.8, 4) is 11.9 Å². The lowest BCUT2D eigenvalue weighted by Crippen LogP contribution is -2.40. The molecule has 0 N–H and O–H groups in total. The molecule has 5 aromatic rings. The van der Waals surface area contributed by atoms with Gasteiger partial charge in [0.05, 0.1) is 53.9 Å². The van der Waals surface area contributed by atoms with Crippen LogP contribution in [0.25, 0.3) is 11.0 Å². The Hall–Kier alpha value is -4.66. The highest BCUT2D eigenvalue weighted by Crippen LogP contribution is 2.33. The number of halogens is 1. The Morgan fingerprint density at radius 1 is 1.16 bits per heavy atom. The molecule has 1 aliphatic rings. The number of rotatable bonds is 9. The van der Waals surface area contributed by atoms with E-state index >= 15 is 0 Å². The number of esters is 1. The van der Waals surface area contributed by atoms with Crippen LogP contribution in [0.4, 0.5) is 4.39 Å². The van der Waals surface area contributed by atoms with Crippen molar-refractivity contribution in [3.63, 3.8) is 0 Å². The molecule has 2 aromatic carbocycles. The van der Waals surface area contributed by atoms with E-state index in [0.29, 0.717) is 30.1 Å². The lowest BCUT2D eigenvalue weighted by molar-refractivity contribution is 0.0601. The lowest BCUT2D eigenvalue weighted by atomic mass is 9.88. The van der Waals surface area contributed by atoms with E-state index < -0.39 is 5.82 Å². The third-order valence-corrected chi connectivity index (χ3v) is 8.89. The van der Waals surface area contributed by atoms with E-state index in [9.17, 15) is 9.18 Å². The molecule has 4 heterocycles. The van der Waals surface area contributed by atoms with Crippen LogP contribution in [0, 0.1) is 17.1 Å². The highest BCUT2D eigenvalue weighted by Gasteiger charge is 2.29. The van der Waals surface area contributed by atoms with E-state index in [-0.39, 0.29) is 30.1 Å². The van der Waals surface area contributed by atoms with E-state index in [1.807, 2.05) is 42.0 Å². The minimum Gasteiger partial charge on any atom is -0.473 e. The second kappa shape index (κ2) is 12.9. The number of carbonyl (C=O) groups excluding carboxylic acids is 1. The first-order valence-electron chi connectivity index (χ1n) is 14.4. The summed E-state index contributed by atoms with van der Waals surface area (Å²) < 4.78 is 27.3. The maximum absolute atomic E-state index is 14.3. The largest absolute Gasteiger partial charge is 0.473 e. The number of ether oxygens (including phenoxy) is 2. The first kappa shape index (κ1) is 29.4. The molecule has 0 spiro atoms. The molecule has 3 aromatic heterocycles. The van der Waals surface area contributed by atoms with E-state index in [4.69, 9.17) is 24.7 Å². The van der Waals surface area contributed by atoms with Crippen LogP contribution >= 0.6 is 11.3 Å². The van der Waals surface area contributed by atoms with Crippen LogP contribution in [0.5, 0.6) is 5.88 Å². The molecule has 1 saturated heterocycles. The quantitative estimate of drug-likeness (QED) is 0.185. The number of pyridine rings is 1. The minimum absolute atomic E-state index is 0.0342. The van der Waals surface area contributed by atoms with Crippen molar-refractivity contribution < 1.29 is 18.7 Å². The van der Waals surface area contributed by atoms with Crippen molar-refractivity contribution in [1.82, 2.24) is 24.4 Å². The van der Waals surface area contributed by atoms with Gasteiger partial charge >= 0.3 is 5.97 Å². The van der Waals surface area contributed by atoms with Gasteiger partial charge in [0.25, 0.3) is 0 Å². The Morgan fingerprint density at radius 3 is 2.80 bits per heavy atom. The topological polar surface area (TPSA) is 106 Å². The highest BCUT2D eigenvalue weighted by atomic mass is 32.1. The summed E-state index contributed by atoms with van der Waals surface area (Å²) >= 11 is 1.59. The molecule has 0 amide bonds. The number of thiazole rings is 1. The molecule has 1 aliphatic heterocycles. The van der Waals surface area contributed by atoms with Crippen molar-refractivity contribution in [1.29, 1.82) is 5.26 Å². The number of piperidine rings is 1. The Bertz CT molecular complexity index is 1830. The smallest absolute Gasteiger partial charge is 0.337 e. The maximum atomic E-state index is 14.3. The van der Waals surface area contributed by atoms with Gasteiger partial charge in [0.15, 0.2) is 0 Å². The molecule has 224 valence electrons. The summed E-state index contributed by atoms with van der Waals surface area (Å²) in [5.41, 5.74) is 5.65. The molecule has 2 atom stereocenters. The fourth-order valence-electron chi connectivity index (χ4n) is 5.72. The van der Waals surface area contributed by atoms with Crippen LogP contribution in [0.2, 0.25) is 0 Å². The molecule has 0 aliphatic carbocycles. The molecule has 6 rings (SSSR count). The highest BCUT2D eigenvalue weighted by molar-refractivity contribution is 7.09. The summed E-state index contributed by atoms with van der Waals surface area (Å²) in [7, 11) is 1.38. The average Bonchev–Trinajstić information content (AvgIpc) is 3.69. The normalized spacial score (nSPS) is 17.0. The summed E-state index contributed by atoms with van der Waals surface area (Å²) in [6.07, 6.45) is 3.71. The number of nitrogens with zero attached hydrogens (tertiary/aromatic N) is 6. The molecule has 11 heteroatoms. The van der Waals surface area contributed by atoms with Crippen molar-refractivity contribution in [3.05, 3.63) is 105 Å². The SMILES string of the molecule is COC(=O)c1ccc2nc(CN3CCC(c4cccc(OCc5ccc(C#N)cc5F)n4)CC3C)n(Cc3cncs3)c2c1. The van der Waals surface area contributed by atoms with Crippen LogP contribution in [0.3, 0.4) is 0 Å². The van der Waals surface area contributed by atoms with E-state index in [1.165, 1.54) is 13.2 Å². The fraction of sp³-hybridized carbons (Fsp3) is 0.303. The van der Waals surface area contributed by atoms with Gasteiger partial charge in [0.1, 0.15) is 18.2 Å². The molecule has 0 bridgehead atoms. The number of nitriles is 1. The number of fused-ring (bicyclic) bond motifs is 1. The standard InChI is InChI=1S/C33H31FN6O3S/c1-21-12-23(28-4-3-5-32(38-28)43-19-25-7-6-22(15-35)13-27(25)34)10-11-39(21)18-31-37-29-9-8-24(33(41)42-2)14-30(29)40(31)17-26-16-36-20-44-26/h3-9,13-14,16,20-21,23H,10-12,17-19H2,1-2H3. The first-order valence-corrected chi connectivity index (χ1v) is 15.3. The molecule has 1 fully saturated rings. The Morgan fingerprint density at radius 2 is 2.05 bits per heavy atom. The number of imidazole rings is 1. The predicted octanol–water partition coefficient (Wildman–Crippen LogP) is 6.08. The van der Waals surface area contributed by atoms with E-state index in [2.05, 4.69) is 21.4 Å². The molecular weight excluding hydrogens is 579 g/mol. The second-order valence-corrected chi connectivity index (χ2v) is 11.9. The molecule has 9 nitrogen and oxygen atoms in total.